The van der Waals surface area contributed by atoms with E-state index in [2.05, 4.69) is 17.0 Å². The van der Waals surface area contributed by atoms with Gasteiger partial charge in [-0.1, -0.05) is 44.2 Å². The number of nitrogens with zero attached hydrogens (tertiary/aromatic N) is 2. The number of carboxylic acids is 1. The lowest BCUT2D eigenvalue weighted by molar-refractivity contribution is -0.169. The summed E-state index contributed by atoms with van der Waals surface area (Å²) < 4.78 is 5.98. The highest BCUT2D eigenvalue weighted by molar-refractivity contribution is 5.86. The third-order valence-corrected chi connectivity index (χ3v) is 5.70. The van der Waals surface area contributed by atoms with Crippen molar-refractivity contribution in [2.24, 2.45) is 5.92 Å². The van der Waals surface area contributed by atoms with Crippen LogP contribution in [0.5, 0.6) is 0 Å². The fraction of sp³-hybridized carbons (Fsp3) is 0.600. The first-order valence-electron chi connectivity index (χ1n) is 9.43. The molecule has 2 fully saturated rings. The Balaban J connectivity index is 1.72. The van der Waals surface area contributed by atoms with Gasteiger partial charge in [0.25, 0.3) is 0 Å². The maximum atomic E-state index is 12.9. The third-order valence-electron chi connectivity index (χ3n) is 5.70. The third kappa shape index (κ3) is 3.62. The van der Waals surface area contributed by atoms with Crippen LogP contribution in [0.4, 0.5) is 0 Å². The number of hydrogen-bond donors (Lipinski definition) is 1. The minimum Gasteiger partial charge on any atom is -0.480 e. The number of piperidine rings is 1. The molecule has 0 aliphatic carbocycles. The lowest BCUT2D eigenvalue weighted by Gasteiger charge is -2.45. The number of aliphatic carboxylic acids is 1. The molecule has 142 valence electrons. The first kappa shape index (κ1) is 18.9. The molecule has 1 N–H and O–H groups in total. The van der Waals surface area contributed by atoms with Gasteiger partial charge in [-0.2, -0.15) is 0 Å². The van der Waals surface area contributed by atoms with Crippen LogP contribution in [0.3, 0.4) is 0 Å². The molecule has 2 atom stereocenters. The van der Waals surface area contributed by atoms with Gasteiger partial charge in [-0.05, 0) is 12.0 Å². The fourth-order valence-corrected chi connectivity index (χ4v) is 3.90. The summed E-state index contributed by atoms with van der Waals surface area (Å²) in [6.07, 6.45) is 1.98. The number of ether oxygens (including phenoxy) is 1. The number of carbonyl (C=O) groups excluding carboxylic acids is 1. The SMILES string of the molecule is CC[C@H](C)C(=O)N1[C@H](C(=O)O)COC12CCN(Cc1ccccc1)CC2. The minimum absolute atomic E-state index is 0.0796. The van der Waals surface area contributed by atoms with Crippen molar-refractivity contribution in [2.75, 3.05) is 19.7 Å². The summed E-state index contributed by atoms with van der Waals surface area (Å²) in [4.78, 5) is 28.5. The van der Waals surface area contributed by atoms with Gasteiger partial charge in [-0.3, -0.25) is 14.6 Å². The van der Waals surface area contributed by atoms with E-state index in [1.807, 2.05) is 32.0 Å². The maximum Gasteiger partial charge on any atom is 0.328 e. The lowest BCUT2D eigenvalue weighted by atomic mass is 9.95. The van der Waals surface area contributed by atoms with Gasteiger partial charge < -0.3 is 9.84 Å². The van der Waals surface area contributed by atoms with Crippen LogP contribution < -0.4 is 0 Å². The Morgan fingerprint density at radius 3 is 2.50 bits per heavy atom. The van der Waals surface area contributed by atoms with Crippen LogP contribution in [0, 0.1) is 5.92 Å². The van der Waals surface area contributed by atoms with Crippen LogP contribution >= 0.6 is 0 Å². The van der Waals surface area contributed by atoms with E-state index in [0.717, 1.165) is 19.6 Å². The van der Waals surface area contributed by atoms with Crippen molar-refractivity contribution >= 4 is 11.9 Å². The summed E-state index contributed by atoms with van der Waals surface area (Å²) in [7, 11) is 0. The summed E-state index contributed by atoms with van der Waals surface area (Å²) in [5.74, 6) is -1.28. The highest BCUT2D eigenvalue weighted by Gasteiger charge is 2.54. The number of benzene rings is 1. The molecular weight excluding hydrogens is 332 g/mol. The standard InChI is InChI=1S/C20H28N2O4/c1-3-15(2)18(23)22-17(19(24)25)14-26-20(22)9-11-21(12-10-20)13-16-7-5-4-6-8-16/h4-8,15,17H,3,9-14H2,1-2H3,(H,24,25)/t15-,17-/m0/s1. The average Bonchev–Trinajstić information content (AvgIpc) is 3.02. The zero-order valence-corrected chi connectivity index (χ0v) is 15.6. The summed E-state index contributed by atoms with van der Waals surface area (Å²) >= 11 is 0. The van der Waals surface area contributed by atoms with Crippen molar-refractivity contribution in [3.8, 4) is 0 Å². The number of likely N-dealkylation sites (tertiary alicyclic amines) is 1. The van der Waals surface area contributed by atoms with Crippen molar-refractivity contribution in [1.82, 2.24) is 9.80 Å². The molecule has 0 saturated carbocycles. The van der Waals surface area contributed by atoms with E-state index in [9.17, 15) is 14.7 Å². The lowest BCUT2D eigenvalue weighted by Crippen LogP contribution is -2.59. The minimum atomic E-state index is -0.981. The molecule has 1 amide bonds. The first-order chi connectivity index (χ1) is 12.5. The van der Waals surface area contributed by atoms with Gasteiger partial charge in [0.05, 0.1) is 6.61 Å². The van der Waals surface area contributed by atoms with Gasteiger partial charge in [0.1, 0.15) is 5.72 Å². The second-order valence-corrected chi connectivity index (χ2v) is 7.39. The maximum absolute atomic E-state index is 12.9. The van der Waals surface area contributed by atoms with Crippen molar-refractivity contribution in [1.29, 1.82) is 0 Å². The molecule has 0 aromatic heterocycles. The van der Waals surface area contributed by atoms with E-state index in [0.29, 0.717) is 19.3 Å². The van der Waals surface area contributed by atoms with Gasteiger partial charge in [-0.15, -0.1) is 0 Å². The molecule has 1 aromatic carbocycles. The average molecular weight is 360 g/mol. The van der Waals surface area contributed by atoms with Crippen molar-refractivity contribution in [3.63, 3.8) is 0 Å². The molecule has 0 unspecified atom stereocenters. The van der Waals surface area contributed by atoms with Crippen LogP contribution in [0.15, 0.2) is 30.3 Å². The molecular formula is C20H28N2O4. The Morgan fingerprint density at radius 2 is 1.92 bits per heavy atom. The van der Waals surface area contributed by atoms with Gasteiger partial charge >= 0.3 is 5.97 Å². The second kappa shape index (κ2) is 7.76. The molecule has 26 heavy (non-hydrogen) atoms. The summed E-state index contributed by atoms with van der Waals surface area (Å²) in [5.41, 5.74) is 0.489. The largest absolute Gasteiger partial charge is 0.480 e. The van der Waals surface area contributed by atoms with E-state index in [1.165, 1.54) is 5.56 Å². The molecule has 1 aromatic rings. The van der Waals surface area contributed by atoms with Crippen LogP contribution in [0.25, 0.3) is 0 Å². The first-order valence-corrected chi connectivity index (χ1v) is 9.43. The van der Waals surface area contributed by atoms with E-state index in [-0.39, 0.29) is 18.4 Å². The Kier molecular flexibility index (Phi) is 5.63. The fourth-order valence-electron chi connectivity index (χ4n) is 3.90. The quantitative estimate of drug-likeness (QED) is 0.873. The van der Waals surface area contributed by atoms with Crippen molar-refractivity contribution in [3.05, 3.63) is 35.9 Å². The predicted octanol–water partition coefficient (Wildman–Crippen LogP) is 2.34. The van der Waals surface area contributed by atoms with Crippen molar-refractivity contribution < 1.29 is 19.4 Å². The van der Waals surface area contributed by atoms with Crippen LogP contribution in [-0.2, 0) is 20.9 Å². The molecule has 2 aliphatic heterocycles. The number of amides is 1. The van der Waals surface area contributed by atoms with E-state index in [1.54, 1.807) is 4.90 Å². The Morgan fingerprint density at radius 1 is 1.27 bits per heavy atom. The highest BCUT2D eigenvalue weighted by atomic mass is 16.5. The van der Waals surface area contributed by atoms with Crippen LogP contribution in [0.2, 0.25) is 0 Å². The van der Waals surface area contributed by atoms with E-state index >= 15 is 0 Å². The molecule has 2 aliphatic rings. The van der Waals surface area contributed by atoms with Crippen molar-refractivity contribution in [2.45, 2.75) is 51.4 Å². The molecule has 0 radical (unpaired) electrons. The van der Waals surface area contributed by atoms with Crippen LogP contribution in [0.1, 0.15) is 38.7 Å². The van der Waals surface area contributed by atoms with E-state index < -0.39 is 17.7 Å². The van der Waals surface area contributed by atoms with E-state index in [4.69, 9.17) is 4.74 Å². The Labute approximate surface area is 154 Å². The number of hydrogen-bond acceptors (Lipinski definition) is 4. The molecule has 6 nitrogen and oxygen atoms in total. The number of carboxylic acid groups (broad SMARTS) is 1. The summed E-state index contributed by atoms with van der Waals surface area (Å²) in [6, 6.07) is 9.41. The van der Waals surface area contributed by atoms with Gasteiger partial charge in [0.15, 0.2) is 6.04 Å². The molecule has 0 bridgehead atoms. The Bertz CT molecular complexity index is 640. The number of carbonyl (C=O) groups is 2. The summed E-state index contributed by atoms with van der Waals surface area (Å²) in [6.45, 7) is 6.31. The predicted molar refractivity (Wildman–Crippen MR) is 97.4 cm³/mol. The van der Waals surface area contributed by atoms with Crippen LogP contribution in [-0.4, -0.2) is 58.2 Å². The molecule has 6 heteroatoms. The zero-order valence-electron chi connectivity index (χ0n) is 15.6. The zero-order chi connectivity index (χ0) is 18.7. The monoisotopic (exact) mass is 360 g/mol. The van der Waals surface area contributed by atoms with Gasteiger partial charge in [-0.25, -0.2) is 4.79 Å². The Hall–Kier alpha value is -1.92. The molecule has 2 saturated heterocycles. The smallest absolute Gasteiger partial charge is 0.328 e. The molecule has 1 spiro atoms. The van der Waals surface area contributed by atoms with Gasteiger partial charge in [0, 0.05) is 38.4 Å². The number of rotatable bonds is 5. The highest BCUT2D eigenvalue weighted by Crippen LogP contribution is 2.38. The topological polar surface area (TPSA) is 70.1 Å². The van der Waals surface area contributed by atoms with Gasteiger partial charge in [0.2, 0.25) is 5.91 Å². The normalized spacial score (nSPS) is 23.9. The second-order valence-electron chi connectivity index (χ2n) is 7.39. The molecule has 2 heterocycles. The molecule has 3 rings (SSSR count). The summed E-state index contributed by atoms with van der Waals surface area (Å²) in [5, 5.41) is 9.56.